The highest BCUT2D eigenvalue weighted by molar-refractivity contribution is 9.10. The first-order valence-electron chi connectivity index (χ1n) is 4.92. The number of benzene rings is 1. The monoisotopic (exact) mass is 297 g/mol. The van der Waals surface area contributed by atoms with Crippen LogP contribution in [0.1, 0.15) is 5.56 Å². The average molecular weight is 298 g/mol. The molecule has 0 aliphatic carbocycles. The van der Waals surface area contributed by atoms with Gasteiger partial charge < -0.3 is 15.6 Å². The molecule has 0 amide bonds. The van der Waals surface area contributed by atoms with Gasteiger partial charge in [-0.25, -0.2) is 0 Å². The van der Waals surface area contributed by atoms with Crippen LogP contribution in [0, 0.1) is 6.92 Å². The van der Waals surface area contributed by atoms with Gasteiger partial charge in [-0.05, 0) is 34.5 Å². The van der Waals surface area contributed by atoms with E-state index in [4.69, 9.17) is 10.5 Å². The standard InChI is InChI=1S/C11H12BrN3O2/c1-5-3-7(16)11(17-2)10(12)9(5)6-4-8(13)15-14-6/h3-4,16H,1-2H3,(H3,13,14,15). The van der Waals surface area contributed by atoms with Crippen LogP contribution in [0.2, 0.25) is 0 Å². The summed E-state index contributed by atoms with van der Waals surface area (Å²) in [4.78, 5) is 0. The lowest BCUT2D eigenvalue weighted by molar-refractivity contribution is 0.371. The number of aryl methyl sites for hydroxylation is 1. The minimum atomic E-state index is 0.0908. The first-order valence-corrected chi connectivity index (χ1v) is 5.71. The lowest BCUT2D eigenvalue weighted by Gasteiger charge is -2.12. The van der Waals surface area contributed by atoms with Crippen LogP contribution in [0.25, 0.3) is 11.3 Å². The van der Waals surface area contributed by atoms with Crippen molar-refractivity contribution in [1.82, 2.24) is 10.2 Å². The highest BCUT2D eigenvalue weighted by Crippen LogP contribution is 2.43. The lowest BCUT2D eigenvalue weighted by Crippen LogP contribution is -1.92. The van der Waals surface area contributed by atoms with Gasteiger partial charge in [0, 0.05) is 11.6 Å². The Morgan fingerprint density at radius 2 is 2.18 bits per heavy atom. The largest absolute Gasteiger partial charge is 0.504 e. The zero-order chi connectivity index (χ0) is 12.6. The predicted octanol–water partition coefficient (Wildman–Crippen LogP) is 2.44. The van der Waals surface area contributed by atoms with Crippen LogP contribution in [-0.4, -0.2) is 22.4 Å². The Kier molecular flexibility index (Phi) is 2.97. The van der Waals surface area contributed by atoms with Crippen molar-refractivity contribution in [3.8, 4) is 22.8 Å². The molecule has 0 spiro atoms. The van der Waals surface area contributed by atoms with E-state index in [9.17, 15) is 5.11 Å². The maximum Gasteiger partial charge on any atom is 0.175 e. The summed E-state index contributed by atoms with van der Waals surface area (Å²) in [5.74, 6) is 0.894. The fourth-order valence-corrected chi connectivity index (χ4v) is 2.62. The maximum absolute atomic E-state index is 9.74. The summed E-state index contributed by atoms with van der Waals surface area (Å²) in [6.07, 6.45) is 0. The number of phenols is 1. The maximum atomic E-state index is 9.74. The molecule has 6 heteroatoms. The molecule has 0 aliphatic heterocycles. The molecule has 17 heavy (non-hydrogen) atoms. The molecule has 90 valence electrons. The molecular weight excluding hydrogens is 286 g/mol. The number of ether oxygens (including phenoxy) is 1. The van der Waals surface area contributed by atoms with E-state index in [1.165, 1.54) is 7.11 Å². The second-order valence-corrected chi connectivity index (χ2v) is 4.43. The van der Waals surface area contributed by atoms with E-state index in [2.05, 4.69) is 26.1 Å². The molecule has 0 radical (unpaired) electrons. The van der Waals surface area contributed by atoms with Crippen molar-refractivity contribution in [3.63, 3.8) is 0 Å². The van der Waals surface area contributed by atoms with E-state index < -0.39 is 0 Å². The Morgan fingerprint density at radius 1 is 1.47 bits per heavy atom. The molecule has 0 saturated heterocycles. The molecule has 0 unspecified atom stereocenters. The predicted molar refractivity (Wildman–Crippen MR) is 69.1 cm³/mol. The van der Waals surface area contributed by atoms with Crippen LogP contribution in [0.5, 0.6) is 11.5 Å². The summed E-state index contributed by atoms with van der Waals surface area (Å²) in [7, 11) is 1.50. The molecule has 0 saturated carbocycles. The minimum absolute atomic E-state index is 0.0908. The van der Waals surface area contributed by atoms with Crippen LogP contribution < -0.4 is 10.5 Å². The Labute approximate surface area is 107 Å². The van der Waals surface area contributed by atoms with E-state index in [0.717, 1.165) is 16.8 Å². The first-order chi connectivity index (χ1) is 8.04. The van der Waals surface area contributed by atoms with Crippen LogP contribution in [0.15, 0.2) is 16.6 Å². The molecule has 0 aliphatic rings. The van der Waals surface area contributed by atoms with Crippen molar-refractivity contribution in [3.05, 3.63) is 22.2 Å². The first kappa shape index (κ1) is 11.8. The molecule has 2 aromatic rings. The number of nitrogens with two attached hydrogens (primary N) is 1. The van der Waals surface area contributed by atoms with Crippen molar-refractivity contribution >= 4 is 21.7 Å². The topological polar surface area (TPSA) is 84.2 Å². The summed E-state index contributed by atoms with van der Waals surface area (Å²) in [5.41, 5.74) is 8.10. The zero-order valence-corrected chi connectivity index (χ0v) is 11.0. The number of methoxy groups -OCH3 is 1. The molecule has 0 fully saturated rings. The Bertz CT molecular complexity index is 566. The normalized spacial score (nSPS) is 10.5. The molecule has 0 bridgehead atoms. The quantitative estimate of drug-likeness (QED) is 0.795. The number of rotatable bonds is 2. The van der Waals surface area contributed by atoms with Crippen LogP contribution in [0.4, 0.5) is 5.82 Å². The van der Waals surface area contributed by atoms with Gasteiger partial charge in [0.2, 0.25) is 0 Å². The van der Waals surface area contributed by atoms with Crippen molar-refractivity contribution in [2.24, 2.45) is 0 Å². The average Bonchev–Trinajstić information content (AvgIpc) is 2.64. The molecule has 5 nitrogen and oxygen atoms in total. The van der Waals surface area contributed by atoms with Gasteiger partial charge in [0.1, 0.15) is 5.82 Å². The van der Waals surface area contributed by atoms with Gasteiger partial charge in [-0.1, -0.05) is 0 Å². The number of aromatic amines is 1. The van der Waals surface area contributed by atoms with E-state index in [0.29, 0.717) is 16.0 Å². The fourth-order valence-electron chi connectivity index (χ4n) is 1.73. The summed E-state index contributed by atoms with van der Waals surface area (Å²) in [6, 6.07) is 3.36. The summed E-state index contributed by atoms with van der Waals surface area (Å²) in [6.45, 7) is 1.89. The lowest BCUT2D eigenvalue weighted by atomic mass is 10.0. The SMILES string of the molecule is COc1c(O)cc(C)c(-c2cc(N)n[nH]2)c1Br. The molecular formula is C11H12BrN3O2. The Balaban J connectivity index is 2.69. The summed E-state index contributed by atoms with van der Waals surface area (Å²) < 4.78 is 5.81. The van der Waals surface area contributed by atoms with E-state index >= 15 is 0 Å². The zero-order valence-electron chi connectivity index (χ0n) is 9.41. The highest BCUT2D eigenvalue weighted by Gasteiger charge is 2.17. The number of anilines is 1. The van der Waals surface area contributed by atoms with Crippen LogP contribution in [0.3, 0.4) is 0 Å². The summed E-state index contributed by atoms with van der Waals surface area (Å²) in [5, 5.41) is 16.5. The minimum Gasteiger partial charge on any atom is -0.504 e. The molecule has 1 aromatic heterocycles. The number of hydrogen-bond donors (Lipinski definition) is 3. The third-order valence-corrected chi connectivity index (χ3v) is 3.23. The number of phenolic OH excluding ortho intramolecular Hbond substituents is 1. The van der Waals surface area contributed by atoms with Gasteiger partial charge in [-0.15, -0.1) is 0 Å². The van der Waals surface area contributed by atoms with Crippen LogP contribution >= 0.6 is 15.9 Å². The highest BCUT2D eigenvalue weighted by atomic mass is 79.9. The van der Waals surface area contributed by atoms with Gasteiger partial charge in [0.05, 0.1) is 17.3 Å². The number of aromatic hydroxyl groups is 1. The molecule has 4 N–H and O–H groups in total. The van der Waals surface area contributed by atoms with Gasteiger partial charge in [-0.2, -0.15) is 5.10 Å². The van der Waals surface area contributed by atoms with Crippen molar-refractivity contribution < 1.29 is 9.84 Å². The van der Waals surface area contributed by atoms with Gasteiger partial charge in [0.15, 0.2) is 11.5 Å². The number of halogens is 1. The number of nitrogen functional groups attached to an aromatic ring is 1. The Hall–Kier alpha value is -1.69. The van der Waals surface area contributed by atoms with Crippen molar-refractivity contribution in [1.29, 1.82) is 0 Å². The summed E-state index contributed by atoms with van der Waals surface area (Å²) >= 11 is 3.42. The second kappa shape index (κ2) is 4.29. The smallest absolute Gasteiger partial charge is 0.175 e. The molecule has 0 atom stereocenters. The molecule has 1 heterocycles. The number of aromatic nitrogens is 2. The third-order valence-electron chi connectivity index (χ3n) is 2.47. The number of hydrogen-bond acceptors (Lipinski definition) is 4. The number of H-pyrrole nitrogens is 1. The second-order valence-electron chi connectivity index (χ2n) is 3.64. The van der Waals surface area contributed by atoms with Crippen molar-refractivity contribution in [2.45, 2.75) is 6.92 Å². The van der Waals surface area contributed by atoms with Crippen molar-refractivity contribution in [2.75, 3.05) is 12.8 Å². The van der Waals surface area contributed by atoms with E-state index in [-0.39, 0.29) is 5.75 Å². The van der Waals surface area contributed by atoms with Gasteiger partial charge in [-0.3, -0.25) is 5.10 Å². The number of nitrogens with one attached hydrogen (secondary N) is 1. The fraction of sp³-hybridized carbons (Fsp3) is 0.182. The van der Waals surface area contributed by atoms with Gasteiger partial charge in [0.25, 0.3) is 0 Å². The van der Waals surface area contributed by atoms with E-state index in [1.807, 2.05) is 6.92 Å². The number of nitrogens with zero attached hydrogens (tertiary/aromatic N) is 1. The Morgan fingerprint density at radius 3 is 2.71 bits per heavy atom. The van der Waals surface area contributed by atoms with Gasteiger partial charge >= 0.3 is 0 Å². The molecule has 2 rings (SSSR count). The van der Waals surface area contributed by atoms with E-state index in [1.54, 1.807) is 12.1 Å². The molecule has 1 aromatic carbocycles. The third kappa shape index (κ3) is 1.95. The van der Waals surface area contributed by atoms with Crippen LogP contribution in [-0.2, 0) is 0 Å².